The van der Waals surface area contributed by atoms with Crippen LogP contribution in [-0.2, 0) is 4.74 Å². The van der Waals surface area contributed by atoms with Crippen LogP contribution in [0.2, 0.25) is 0 Å². The van der Waals surface area contributed by atoms with Crippen molar-refractivity contribution in [2.75, 3.05) is 19.8 Å². The van der Waals surface area contributed by atoms with Gasteiger partial charge in [-0.2, -0.15) is 5.10 Å². The van der Waals surface area contributed by atoms with Crippen LogP contribution in [0.1, 0.15) is 17.3 Å². The molecular formula is C16H19N3O2. The number of hydrogen-bond acceptors (Lipinski definition) is 3. The molecule has 2 rings (SSSR count). The maximum Gasteiger partial charge on any atom is 0.255 e. The summed E-state index contributed by atoms with van der Waals surface area (Å²) >= 11 is 0. The smallest absolute Gasteiger partial charge is 0.255 e. The molecule has 0 radical (unpaired) electrons. The first-order chi connectivity index (χ1) is 10.2. The predicted molar refractivity (Wildman–Crippen MR) is 82.0 cm³/mol. The van der Waals surface area contributed by atoms with Crippen LogP contribution in [0.4, 0.5) is 0 Å². The Kier molecular flexibility index (Phi) is 5.29. The summed E-state index contributed by atoms with van der Waals surface area (Å²) in [7, 11) is 0. The molecule has 5 nitrogen and oxygen atoms in total. The molecule has 1 aromatic carbocycles. The fourth-order valence-electron chi connectivity index (χ4n) is 1.86. The number of carbonyl (C=O) groups excluding carboxylic acids is 1. The van der Waals surface area contributed by atoms with Gasteiger partial charge in [0, 0.05) is 12.1 Å². The number of rotatable bonds is 7. The Morgan fingerprint density at radius 1 is 1.38 bits per heavy atom. The normalized spacial score (nSPS) is 10.3. The van der Waals surface area contributed by atoms with Crippen molar-refractivity contribution < 1.29 is 9.53 Å². The van der Waals surface area contributed by atoms with Gasteiger partial charge in [-0.15, -0.1) is 0 Å². The molecule has 0 bridgehead atoms. The van der Waals surface area contributed by atoms with Crippen molar-refractivity contribution in [3.63, 3.8) is 0 Å². The highest BCUT2D eigenvalue weighted by molar-refractivity contribution is 5.99. The van der Waals surface area contributed by atoms with E-state index in [1.807, 2.05) is 37.3 Å². The molecular weight excluding hydrogens is 266 g/mol. The molecule has 1 heterocycles. The molecule has 0 saturated heterocycles. The molecule has 0 fully saturated rings. The van der Waals surface area contributed by atoms with Gasteiger partial charge in [0.1, 0.15) is 0 Å². The summed E-state index contributed by atoms with van der Waals surface area (Å²) in [5.74, 6) is -0.165. The average Bonchev–Trinajstić information content (AvgIpc) is 2.97. The lowest BCUT2D eigenvalue weighted by Crippen LogP contribution is -2.27. The van der Waals surface area contributed by atoms with Crippen LogP contribution in [0.5, 0.6) is 0 Å². The van der Waals surface area contributed by atoms with Gasteiger partial charge in [0.15, 0.2) is 0 Å². The molecule has 0 aliphatic heterocycles. The number of ether oxygens (including phenoxy) is 1. The third-order valence-electron chi connectivity index (χ3n) is 2.83. The molecule has 21 heavy (non-hydrogen) atoms. The molecule has 1 aromatic heterocycles. The Hall–Kier alpha value is -2.40. The molecule has 110 valence electrons. The van der Waals surface area contributed by atoms with E-state index < -0.39 is 0 Å². The second-order valence-corrected chi connectivity index (χ2v) is 4.79. The monoisotopic (exact) mass is 285 g/mol. The standard InChI is InChI=1S/C16H19N3O2/c1-12(2)11-21-9-8-17-16(20)14-10-18-19-15(14)13-6-4-3-5-7-13/h3-7,10H,1,8-9,11H2,2H3,(H,17,20)(H,18,19). The van der Waals surface area contributed by atoms with Crippen molar-refractivity contribution in [3.05, 3.63) is 54.2 Å². The minimum Gasteiger partial charge on any atom is -0.375 e. The highest BCUT2D eigenvalue weighted by Gasteiger charge is 2.14. The molecule has 0 atom stereocenters. The zero-order valence-electron chi connectivity index (χ0n) is 12.1. The van der Waals surface area contributed by atoms with Crippen molar-refractivity contribution in [1.29, 1.82) is 0 Å². The van der Waals surface area contributed by atoms with Crippen LogP contribution in [0.25, 0.3) is 11.3 Å². The number of amides is 1. The second-order valence-electron chi connectivity index (χ2n) is 4.79. The summed E-state index contributed by atoms with van der Waals surface area (Å²) in [6.45, 7) is 7.06. The molecule has 0 spiro atoms. The van der Waals surface area contributed by atoms with Gasteiger partial charge < -0.3 is 10.1 Å². The Morgan fingerprint density at radius 2 is 2.14 bits per heavy atom. The Morgan fingerprint density at radius 3 is 2.86 bits per heavy atom. The van der Waals surface area contributed by atoms with E-state index in [-0.39, 0.29) is 5.91 Å². The van der Waals surface area contributed by atoms with Gasteiger partial charge in [-0.3, -0.25) is 9.89 Å². The third-order valence-corrected chi connectivity index (χ3v) is 2.83. The minimum absolute atomic E-state index is 0.165. The van der Waals surface area contributed by atoms with Crippen molar-refractivity contribution in [2.45, 2.75) is 6.92 Å². The largest absolute Gasteiger partial charge is 0.375 e. The maximum atomic E-state index is 12.2. The summed E-state index contributed by atoms with van der Waals surface area (Å²) in [6, 6.07) is 9.63. The number of H-pyrrole nitrogens is 1. The molecule has 1 amide bonds. The zero-order chi connectivity index (χ0) is 15.1. The van der Waals surface area contributed by atoms with E-state index in [2.05, 4.69) is 22.1 Å². The van der Waals surface area contributed by atoms with E-state index in [9.17, 15) is 4.79 Å². The molecule has 5 heteroatoms. The minimum atomic E-state index is -0.165. The highest BCUT2D eigenvalue weighted by atomic mass is 16.5. The van der Waals surface area contributed by atoms with Crippen LogP contribution in [-0.4, -0.2) is 35.9 Å². The number of aromatic amines is 1. The number of aromatic nitrogens is 2. The summed E-state index contributed by atoms with van der Waals surface area (Å²) in [5.41, 5.74) is 3.14. The molecule has 2 aromatic rings. The summed E-state index contributed by atoms with van der Waals surface area (Å²) < 4.78 is 5.34. The van der Waals surface area contributed by atoms with Gasteiger partial charge in [0.05, 0.1) is 30.7 Å². The number of benzene rings is 1. The van der Waals surface area contributed by atoms with Gasteiger partial charge >= 0.3 is 0 Å². The first kappa shape index (κ1) is 15.0. The third kappa shape index (κ3) is 4.29. The lowest BCUT2D eigenvalue weighted by Gasteiger charge is -2.07. The topological polar surface area (TPSA) is 67.0 Å². The average molecular weight is 285 g/mol. The van der Waals surface area contributed by atoms with Crippen LogP contribution >= 0.6 is 0 Å². The summed E-state index contributed by atoms with van der Waals surface area (Å²) in [6.07, 6.45) is 1.53. The van der Waals surface area contributed by atoms with Gasteiger partial charge in [0.25, 0.3) is 5.91 Å². The van der Waals surface area contributed by atoms with Crippen molar-refractivity contribution >= 4 is 5.91 Å². The summed E-state index contributed by atoms with van der Waals surface area (Å²) in [5, 5.41) is 9.64. The maximum absolute atomic E-state index is 12.2. The zero-order valence-corrected chi connectivity index (χ0v) is 12.1. The Bertz CT molecular complexity index is 605. The van der Waals surface area contributed by atoms with E-state index in [1.165, 1.54) is 6.20 Å². The van der Waals surface area contributed by atoms with Gasteiger partial charge in [-0.25, -0.2) is 0 Å². The van der Waals surface area contributed by atoms with Crippen LogP contribution in [0, 0.1) is 0 Å². The van der Waals surface area contributed by atoms with E-state index in [0.717, 1.165) is 16.8 Å². The van der Waals surface area contributed by atoms with Gasteiger partial charge in [0.2, 0.25) is 0 Å². The SMILES string of the molecule is C=C(C)COCCNC(=O)c1cn[nH]c1-c1ccccc1. The highest BCUT2D eigenvalue weighted by Crippen LogP contribution is 2.20. The van der Waals surface area contributed by atoms with Crippen LogP contribution in [0.3, 0.4) is 0 Å². The van der Waals surface area contributed by atoms with Crippen LogP contribution < -0.4 is 5.32 Å². The first-order valence-electron chi connectivity index (χ1n) is 6.77. The lowest BCUT2D eigenvalue weighted by molar-refractivity contribution is 0.0927. The van der Waals surface area contributed by atoms with Crippen molar-refractivity contribution in [2.24, 2.45) is 0 Å². The van der Waals surface area contributed by atoms with Gasteiger partial charge in [-0.05, 0) is 6.92 Å². The van der Waals surface area contributed by atoms with Gasteiger partial charge in [-0.1, -0.05) is 42.5 Å². The molecule has 2 N–H and O–H groups in total. The number of nitrogens with one attached hydrogen (secondary N) is 2. The number of hydrogen-bond donors (Lipinski definition) is 2. The Balaban J connectivity index is 1.92. The number of carbonyl (C=O) groups is 1. The lowest BCUT2D eigenvalue weighted by atomic mass is 10.1. The fraction of sp³-hybridized carbons (Fsp3) is 0.250. The summed E-state index contributed by atoms with van der Waals surface area (Å²) in [4.78, 5) is 12.2. The molecule has 0 unspecified atom stereocenters. The molecule has 0 saturated carbocycles. The van der Waals surface area contributed by atoms with Crippen molar-refractivity contribution in [1.82, 2.24) is 15.5 Å². The molecule has 0 aliphatic carbocycles. The molecule has 0 aliphatic rings. The van der Waals surface area contributed by atoms with Crippen LogP contribution in [0.15, 0.2) is 48.7 Å². The number of nitrogens with zero attached hydrogens (tertiary/aromatic N) is 1. The van der Waals surface area contributed by atoms with E-state index >= 15 is 0 Å². The quantitative estimate of drug-likeness (QED) is 0.606. The van der Waals surface area contributed by atoms with E-state index in [1.54, 1.807) is 0 Å². The fourth-order valence-corrected chi connectivity index (χ4v) is 1.86. The van der Waals surface area contributed by atoms with E-state index in [0.29, 0.717) is 25.3 Å². The Labute approximate surface area is 124 Å². The van der Waals surface area contributed by atoms with Crippen molar-refractivity contribution in [3.8, 4) is 11.3 Å². The second kappa shape index (κ2) is 7.40. The van der Waals surface area contributed by atoms with E-state index in [4.69, 9.17) is 4.74 Å². The first-order valence-corrected chi connectivity index (χ1v) is 6.77. The predicted octanol–water partition coefficient (Wildman–Crippen LogP) is 2.40.